The van der Waals surface area contributed by atoms with Crippen LogP contribution in [0.5, 0.6) is 17.4 Å². The van der Waals surface area contributed by atoms with E-state index in [1.165, 1.54) is 0 Å². The van der Waals surface area contributed by atoms with Gasteiger partial charge in [-0.2, -0.15) is 5.26 Å². The molecule has 4 N–H and O–H groups in total. The maximum absolute atomic E-state index is 9.61. The first kappa shape index (κ1) is 17.6. The number of nitriles is 1. The lowest BCUT2D eigenvalue weighted by Crippen LogP contribution is -2.21. The number of nitrogens with one attached hydrogen (secondary N) is 1. The molecule has 1 aromatic heterocycles. The Labute approximate surface area is 150 Å². The molecule has 136 valence electrons. The molecule has 1 aliphatic rings. The summed E-state index contributed by atoms with van der Waals surface area (Å²) < 4.78 is 16.7. The highest BCUT2D eigenvalue weighted by Crippen LogP contribution is 2.44. The minimum Gasteiger partial charge on any atom is -0.490 e. The van der Waals surface area contributed by atoms with E-state index in [1.54, 1.807) is 6.07 Å². The summed E-state index contributed by atoms with van der Waals surface area (Å²) in [5.74, 6) is 1.03. The molecule has 3 rings (SSSR count). The standard InChI is InChI=1S/C18H20N4O4/c1-3-24-14-8-11(4-5-13(14)25-7-6-23)16-12(9-19)17(20)26-18-15(16)10(2)21-22-18/h4-5,8,16,23H,3,6-7,20H2,1-2H3,(H,21,22). The second-order valence-corrected chi connectivity index (χ2v) is 5.70. The van der Waals surface area contributed by atoms with Crippen molar-refractivity contribution < 1.29 is 19.3 Å². The fourth-order valence-corrected chi connectivity index (χ4v) is 2.98. The summed E-state index contributed by atoms with van der Waals surface area (Å²) in [6.07, 6.45) is 0. The lowest BCUT2D eigenvalue weighted by molar-refractivity contribution is 0.194. The largest absolute Gasteiger partial charge is 0.490 e. The maximum atomic E-state index is 9.61. The van der Waals surface area contributed by atoms with E-state index < -0.39 is 5.92 Å². The van der Waals surface area contributed by atoms with Crippen molar-refractivity contribution in [2.45, 2.75) is 19.8 Å². The molecule has 8 heteroatoms. The van der Waals surface area contributed by atoms with E-state index in [2.05, 4.69) is 16.3 Å². The molecule has 1 aliphatic heterocycles. The van der Waals surface area contributed by atoms with Crippen LogP contribution in [0.4, 0.5) is 0 Å². The Morgan fingerprint density at radius 3 is 2.88 bits per heavy atom. The smallest absolute Gasteiger partial charge is 0.244 e. The highest BCUT2D eigenvalue weighted by Gasteiger charge is 2.34. The molecule has 1 unspecified atom stereocenters. The number of allylic oxidation sites excluding steroid dienone is 1. The lowest BCUT2D eigenvalue weighted by Gasteiger charge is -2.24. The van der Waals surface area contributed by atoms with Crippen LogP contribution >= 0.6 is 0 Å². The fourth-order valence-electron chi connectivity index (χ4n) is 2.98. The van der Waals surface area contributed by atoms with Gasteiger partial charge in [0.05, 0.1) is 19.1 Å². The van der Waals surface area contributed by atoms with Crippen LogP contribution in [-0.2, 0) is 0 Å². The number of aliphatic hydroxyl groups is 1. The SMILES string of the molecule is CCOc1cc(C2C(C#N)=C(N)Oc3n[nH]c(C)c32)ccc1OCCO. The predicted octanol–water partition coefficient (Wildman–Crippen LogP) is 1.71. The van der Waals surface area contributed by atoms with Crippen LogP contribution in [0.15, 0.2) is 29.7 Å². The number of nitrogens with zero attached hydrogens (tertiary/aromatic N) is 2. The van der Waals surface area contributed by atoms with Crippen LogP contribution in [0.25, 0.3) is 0 Å². The number of hydrogen-bond donors (Lipinski definition) is 3. The van der Waals surface area contributed by atoms with Crippen LogP contribution in [0, 0.1) is 18.3 Å². The van der Waals surface area contributed by atoms with Crippen molar-refractivity contribution in [2.75, 3.05) is 19.8 Å². The van der Waals surface area contributed by atoms with E-state index in [1.807, 2.05) is 26.0 Å². The van der Waals surface area contributed by atoms with E-state index in [-0.39, 0.29) is 19.1 Å². The molecular formula is C18H20N4O4. The normalized spacial score (nSPS) is 15.8. The van der Waals surface area contributed by atoms with E-state index in [0.717, 1.165) is 16.8 Å². The first-order chi connectivity index (χ1) is 12.6. The van der Waals surface area contributed by atoms with Gasteiger partial charge < -0.3 is 25.1 Å². The van der Waals surface area contributed by atoms with Gasteiger partial charge in [-0.05, 0) is 31.5 Å². The quantitative estimate of drug-likeness (QED) is 0.719. The Morgan fingerprint density at radius 1 is 1.38 bits per heavy atom. The van der Waals surface area contributed by atoms with Gasteiger partial charge in [-0.25, -0.2) is 0 Å². The minimum atomic E-state index is -0.423. The molecule has 0 fully saturated rings. The molecule has 0 aliphatic carbocycles. The first-order valence-corrected chi connectivity index (χ1v) is 8.23. The monoisotopic (exact) mass is 356 g/mol. The van der Waals surface area contributed by atoms with Gasteiger partial charge in [0.1, 0.15) is 18.2 Å². The van der Waals surface area contributed by atoms with Crippen molar-refractivity contribution in [2.24, 2.45) is 5.73 Å². The summed E-state index contributed by atoms with van der Waals surface area (Å²) in [5, 5.41) is 25.6. The second kappa shape index (κ2) is 7.37. The Hall–Kier alpha value is -3.18. The Balaban J connectivity index is 2.11. The van der Waals surface area contributed by atoms with E-state index >= 15 is 0 Å². The third-order valence-corrected chi connectivity index (χ3v) is 4.08. The van der Waals surface area contributed by atoms with Crippen molar-refractivity contribution >= 4 is 0 Å². The van der Waals surface area contributed by atoms with Gasteiger partial charge in [-0.15, -0.1) is 5.10 Å². The van der Waals surface area contributed by atoms with Crippen molar-refractivity contribution in [3.8, 4) is 23.4 Å². The molecule has 0 amide bonds. The number of rotatable bonds is 6. The zero-order valence-electron chi connectivity index (χ0n) is 14.6. The summed E-state index contributed by atoms with van der Waals surface area (Å²) in [7, 11) is 0. The van der Waals surface area contributed by atoms with E-state index in [0.29, 0.717) is 29.6 Å². The molecule has 0 spiro atoms. The van der Waals surface area contributed by atoms with Crippen molar-refractivity contribution in [3.63, 3.8) is 0 Å². The Bertz CT molecular complexity index is 882. The van der Waals surface area contributed by atoms with Gasteiger partial charge >= 0.3 is 0 Å². The zero-order chi connectivity index (χ0) is 18.7. The topological polar surface area (TPSA) is 126 Å². The number of nitrogens with two attached hydrogens (primary N) is 1. The van der Waals surface area contributed by atoms with Crippen molar-refractivity contribution in [1.82, 2.24) is 10.2 Å². The number of fused-ring (bicyclic) bond motifs is 1. The summed E-state index contributed by atoms with van der Waals surface area (Å²) in [4.78, 5) is 0. The molecule has 26 heavy (non-hydrogen) atoms. The van der Waals surface area contributed by atoms with Crippen LogP contribution in [0.2, 0.25) is 0 Å². The van der Waals surface area contributed by atoms with Crippen LogP contribution in [-0.4, -0.2) is 35.1 Å². The first-order valence-electron chi connectivity index (χ1n) is 8.23. The summed E-state index contributed by atoms with van der Waals surface area (Å²) in [6.45, 7) is 4.25. The molecule has 0 radical (unpaired) electrons. The number of ether oxygens (including phenoxy) is 3. The van der Waals surface area contributed by atoms with E-state index in [4.69, 9.17) is 25.1 Å². The number of aryl methyl sites for hydroxylation is 1. The van der Waals surface area contributed by atoms with Crippen LogP contribution in [0.3, 0.4) is 0 Å². The summed E-state index contributed by atoms with van der Waals surface area (Å²) in [6, 6.07) is 7.55. The predicted molar refractivity (Wildman–Crippen MR) is 92.8 cm³/mol. The number of aromatic amines is 1. The third-order valence-electron chi connectivity index (χ3n) is 4.08. The minimum absolute atomic E-state index is 0.0371. The molecule has 1 aromatic carbocycles. The van der Waals surface area contributed by atoms with Crippen LogP contribution < -0.4 is 19.9 Å². The third kappa shape index (κ3) is 3.05. The van der Waals surface area contributed by atoms with Crippen molar-refractivity contribution in [3.05, 3.63) is 46.5 Å². The number of aliphatic hydroxyl groups excluding tert-OH is 1. The summed E-state index contributed by atoms with van der Waals surface area (Å²) >= 11 is 0. The molecule has 0 saturated carbocycles. The molecule has 8 nitrogen and oxygen atoms in total. The highest BCUT2D eigenvalue weighted by molar-refractivity contribution is 5.57. The van der Waals surface area contributed by atoms with Gasteiger partial charge in [0.2, 0.25) is 11.8 Å². The molecule has 2 heterocycles. The molecule has 0 bridgehead atoms. The fraction of sp³-hybridized carbons (Fsp3) is 0.333. The van der Waals surface area contributed by atoms with Gasteiger partial charge in [0, 0.05) is 11.3 Å². The molecular weight excluding hydrogens is 336 g/mol. The number of H-pyrrole nitrogens is 1. The van der Waals surface area contributed by atoms with Crippen molar-refractivity contribution in [1.29, 1.82) is 5.26 Å². The van der Waals surface area contributed by atoms with E-state index in [9.17, 15) is 5.26 Å². The van der Waals surface area contributed by atoms with Gasteiger partial charge in [0.25, 0.3) is 0 Å². The Morgan fingerprint density at radius 2 is 2.19 bits per heavy atom. The summed E-state index contributed by atoms with van der Waals surface area (Å²) in [5.41, 5.74) is 8.61. The average molecular weight is 356 g/mol. The lowest BCUT2D eigenvalue weighted by atomic mass is 9.84. The maximum Gasteiger partial charge on any atom is 0.244 e. The van der Waals surface area contributed by atoms with Gasteiger partial charge in [-0.1, -0.05) is 6.07 Å². The second-order valence-electron chi connectivity index (χ2n) is 5.70. The number of aromatic nitrogens is 2. The average Bonchev–Trinajstić information content (AvgIpc) is 3.00. The number of benzene rings is 1. The molecule has 0 saturated heterocycles. The molecule has 1 atom stereocenters. The number of hydrogen-bond acceptors (Lipinski definition) is 7. The zero-order valence-corrected chi connectivity index (χ0v) is 14.6. The van der Waals surface area contributed by atoms with Crippen LogP contribution in [0.1, 0.15) is 29.7 Å². The Kier molecular flexibility index (Phi) is 5.00. The van der Waals surface area contributed by atoms with Gasteiger partial charge in [0.15, 0.2) is 11.5 Å². The molecule has 2 aromatic rings. The highest BCUT2D eigenvalue weighted by atomic mass is 16.5. The van der Waals surface area contributed by atoms with Gasteiger partial charge in [-0.3, -0.25) is 5.10 Å².